The molecule has 2 N–H and O–H groups in total. The molecule has 0 bridgehead atoms. The Morgan fingerprint density at radius 1 is 1.06 bits per heavy atom. The fraction of sp³-hybridized carbons (Fsp3) is 0.259. The minimum absolute atomic E-state index is 0.0247. The van der Waals surface area contributed by atoms with Gasteiger partial charge in [-0.15, -0.1) is 0 Å². The van der Waals surface area contributed by atoms with Crippen LogP contribution in [0.1, 0.15) is 44.1 Å². The molecule has 0 saturated heterocycles. The van der Waals surface area contributed by atoms with Crippen LogP contribution in [0.4, 0.5) is 21.9 Å². The predicted molar refractivity (Wildman–Crippen MR) is 129 cm³/mol. The Hall–Kier alpha value is -3.80. The van der Waals surface area contributed by atoms with E-state index in [1.54, 1.807) is 17.2 Å². The van der Waals surface area contributed by atoms with Crippen LogP contribution in [0.3, 0.4) is 0 Å². The van der Waals surface area contributed by atoms with Crippen molar-refractivity contribution >= 4 is 28.9 Å². The maximum atomic E-state index is 13.9. The summed E-state index contributed by atoms with van der Waals surface area (Å²) in [6.45, 7) is 6.14. The van der Waals surface area contributed by atoms with Gasteiger partial charge in [0.15, 0.2) is 5.78 Å². The minimum Gasteiger partial charge on any atom is -0.467 e. The second kappa shape index (κ2) is 7.96. The summed E-state index contributed by atoms with van der Waals surface area (Å²) < 4.78 is 5.81. The fourth-order valence-electron chi connectivity index (χ4n) is 4.82. The Bertz CT molecular complexity index is 1260. The quantitative estimate of drug-likeness (QED) is 0.480. The summed E-state index contributed by atoms with van der Waals surface area (Å²) in [6.07, 6.45) is 2.69. The van der Waals surface area contributed by atoms with Crippen LogP contribution in [0.15, 0.2) is 82.6 Å². The molecule has 2 aliphatic rings. The van der Waals surface area contributed by atoms with Crippen molar-refractivity contribution < 1.29 is 14.0 Å². The zero-order chi connectivity index (χ0) is 23.2. The zero-order valence-corrected chi connectivity index (χ0v) is 19.0. The zero-order valence-electron chi connectivity index (χ0n) is 19.0. The Kier molecular flexibility index (Phi) is 5.08. The molecule has 1 aromatic heterocycles. The van der Waals surface area contributed by atoms with E-state index >= 15 is 0 Å². The van der Waals surface area contributed by atoms with E-state index in [1.165, 1.54) is 0 Å². The van der Waals surface area contributed by atoms with Crippen molar-refractivity contribution in [1.29, 1.82) is 0 Å². The van der Waals surface area contributed by atoms with E-state index in [4.69, 9.17) is 4.42 Å². The van der Waals surface area contributed by atoms with Gasteiger partial charge in [0.25, 0.3) is 0 Å². The van der Waals surface area contributed by atoms with Crippen molar-refractivity contribution in [1.82, 2.24) is 0 Å². The maximum absolute atomic E-state index is 13.9. The van der Waals surface area contributed by atoms with Crippen LogP contribution < -0.4 is 15.5 Å². The number of Topliss-reactive ketones (excluding diaryl/α,β-unsaturated/α-hetero) is 1. The van der Waals surface area contributed by atoms with Gasteiger partial charge in [-0.2, -0.15) is 0 Å². The summed E-state index contributed by atoms with van der Waals surface area (Å²) in [7, 11) is 0. The highest BCUT2D eigenvalue weighted by Crippen LogP contribution is 2.48. The Morgan fingerprint density at radius 3 is 2.58 bits per heavy atom. The number of rotatable bonds is 2. The van der Waals surface area contributed by atoms with E-state index in [-0.39, 0.29) is 17.2 Å². The van der Waals surface area contributed by atoms with Crippen LogP contribution >= 0.6 is 0 Å². The highest BCUT2D eigenvalue weighted by Gasteiger charge is 2.44. The first kappa shape index (κ1) is 21.1. The van der Waals surface area contributed by atoms with Crippen LogP contribution in [-0.4, -0.2) is 11.8 Å². The largest absolute Gasteiger partial charge is 0.467 e. The number of carbonyl (C=O) groups is 2. The normalized spacial score (nSPS) is 19.3. The van der Waals surface area contributed by atoms with Gasteiger partial charge in [-0.25, -0.2) is 4.79 Å². The van der Waals surface area contributed by atoms with Crippen molar-refractivity contribution in [2.45, 2.75) is 39.7 Å². The van der Waals surface area contributed by atoms with Gasteiger partial charge in [0.1, 0.15) is 11.8 Å². The van der Waals surface area contributed by atoms with Crippen molar-refractivity contribution in [3.05, 3.63) is 89.5 Å². The molecule has 6 nitrogen and oxygen atoms in total. The number of amides is 2. The second-order valence-corrected chi connectivity index (χ2v) is 9.51. The number of hydrogen-bond acceptors (Lipinski definition) is 4. The number of ketones is 1. The third-order valence-electron chi connectivity index (χ3n) is 6.32. The number of para-hydroxylation sites is 3. The van der Waals surface area contributed by atoms with Gasteiger partial charge in [-0.05, 0) is 54.7 Å². The minimum atomic E-state index is -0.682. The number of anilines is 3. The molecule has 1 aliphatic heterocycles. The topological polar surface area (TPSA) is 74.6 Å². The van der Waals surface area contributed by atoms with Crippen LogP contribution in [-0.2, 0) is 4.79 Å². The van der Waals surface area contributed by atoms with E-state index in [0.717, 1.165) is 22.6 Å². The van der Waals surface area contributed by atoms with E-state index in [2.05, 4.69) is 24.5 Å². The molecule has 0 spiro atoms. The van der Waals surface area contributed by atoms with Crippen molar-refractivity contribution in [3.8, 4) is 0 Å². The molecule has 6 heteroatoms. The number of allylic oxidation sites excluding steroid dienone is 1. The van der Waals surface area contributed by atoms with E-state index in [0.29, 0.717) is 29.9 Å². The molecular formula is C27H27N3O3. The number of fused-ring (bicyclic) bond motifs is 1. The Labute approximate surface area is 193 Å². The molecule has 33 heavy (non-hydrogen) atoms. The van der Waals surface area contributed by atoms with Gasteiger partial charge < -0.3 is 15.1 Å². The first-order valence-electron chi connectivity index (χ1n) is 11.2. The smallest absolute Gasteiger partial charge is 0.327 e. The average molecular weight is 442 g/mol. The van der Waals surface area contributed by atoms with Gasteiger partial charge in [0.05, 0.1) is 17.6 Å². The first-order chi connectivity index (χ1) is 15.8. The standard InChI is InChI=1S/C27H27N3O3/c1-17-9-4-5-10-18(17)29-26(32)30-21-12-7-6-11-19(21)28-20-15-27(2,3)16-22(31)24(20)25(30)23-13-8-14-33-23/h4-14,25,28H,15-16H2,1-3H3,(H,29,32)/t25-/m1/s1. The highest BCUT2D eigenvalue weighted by molar-refractivity contribution is 6.09. The lowest BCUT2D eigenvalue weighted by atomic mass is 9.74. The number of hydrogen-bond donors (Lipinski definition) is 2. The predicted octanol–water partition coefficient (Wildman–Crippen LogP) is 6.44. The van der Waals surface area contributed by atoms with Gasteiger partial charge in [-0.3, -0.25) is 9.69 Å². The van der Waals surface area contributed by atoms with Gasteiger partial charge >= 0.3 is 6.03 Å². The van der Waals surface area contributed by atoms with Crippen molar-refractivity contribution in [2.75, 3.05) is 15.5 Å². The van der Waals surface area contributed by atoms with Crippen LogP contribution in [0.5, 0.6) is 0 Å². The average Bonchev–Trinajstić information content (AvgIpc) is 3.24. The van der Waals surface area contributed by atoms with E-state index in [9.17, 15) is 9.59 Å². The molecule has 2 amide bonds. The lowest BCUT2D eigenvalue weighted by Gasteiger charge is -2.36. The molecule has 0 saturated carbocycles. The van der Waals surface area contributed by atoms with Crippen molar-refractivity contribution in [2.24, 2.45) is 5.41 Å². The second-order valence-electron chi connectivity index (χ2n) is 9.51. The molecule has 1 atom stereocenters. The summed E-state index contributed by atoms with van der Waals surface area (Å²) in [5.41, 5.74) is 4.40. The molecule has 2 aromatic carbocycles. The molecule has 5 rings (SSSR count). The maximum Gasteiger partial charge on any atom is 0.327 e. The molecule has 0 radical (unpaired) electrons. The number of nitrogens with one attached hydrogen (secondary N) is 2. The lowest BCUT2D eigenvalue weighted by Crippen LogP contribution is -2.41. The third-order valence-corrected chi connectivity index (χ3v) is 6.32. The summed E-state index contributed by atoms with van der Waals surface area (Å²) in [4.78, 5) is 29.0. The number of carbonyl (C=O) groups excluding carboxylic acids is 2. The van der Waals surface area contributed by atoms with Crippen LogP contribution in [0, 0.1) is 12.3 Å². The SMILES string of the molecule is Cc1ccccc1NC(=O)N1c2ccccc2NC2=C(C(=O)CC(C)(C)C2)[C@H]1c1ccco1. The molecule has 2 heterocycles. The molecule has 1 aliphatic carbocycles. The number of urea groups is 1. The fourth-order valence-corrected chi connectivity index (χ4v) is 4.82. The number of furan rings is 1. The summed E-state index contributed by atoms with van der Waals surface area (Å²) in [6, 6.07) is 17.9. The van der Waals surface area contributed by atoms with Gasteiger partial charge in [0, 0.05) is 23.4 Å². The summed E-state index contributed by atoms with van der Waals surface area (Å²) in [5, 5.41) is 6.55. The number of aryl methyl sites for hydroxylation is 1. The van der Waals surface area contributed by atoms with E-state index < -0.39 is 6.04 Å². The van der Waals surface area contributed by atoms with Gasteiger partial charge in [-0.1, -0.05) is 44.2 Å². The molecule has 168 valence electrons. The van der Waals surface area contributed by atoms with Crippen LogP contribution in [0.2, 0.25) is 0 Å². The van der Waals surface area contributed by atoms with Crippen LogP contribution in [0.25, 0.3) is 0 Å². The van der Waals surface area contributed by atoms with Gasteiger partial charge in [0.2, 0.25) is 0 Å². The molecule has 0 unspecified atom stereocenters. The summed E-state index contributed by atoms with van der Waals surface area (Å²) >= 11 is 0. The Morgan fingerprint density at radius 2 is 1.82 bits per heavy atom. The number of nitrogens with zero attached hydrogens (tertiary/aromatic N) is 1. The summed E-state index contributed by atoms with van der Waals surface area (Å²) in [5.74, 6) is 0.575. The molecule has 3 aromatic rings. The third kappa shape index (κ3) is 3.82. The monoisotopic (exact) mass is 441 g/mol. The highest BCUT2D eigenvalue weighted by atomic mass is 16.3. The van der Waals surface area contributed by atoms with Crippen molar-refractivity contribution in [3.63, 3.8) is 0 Å². The lowest BCUT2D eigenvalue weighted by molar-refractivity contribution is -0.118. The Balaban J connectivity index is 1.70. The molecule has 0 fully saturated rings. The van der Waals surface area contributed by atoms with E-state index in [1.807, 2.05) is 61.5 Å². The number of benzene rings is 2. The first-order valence-corrected chi connectivity index (χ1v) is 11.2. The molecular weight excluding hydrogens is 414 g/mol.